The molecule has 0 saturated heterocycles. The van der Waals surface area contributed by atoms with Gasteiger partial charge in [-0.15, -0.1) is 0 Å². The maximum Gasteiger partial charge on any atom is 0.294 e. The summed E-state index contributed by atoms with van der Waals surface area (Å²) in [5.41, 5.74) is 25.0. The lowest BCUT2D eigenvalue weighted by Gasteiger charge is -2.26. The topological polar surface area (TPSA) is 60.9 Å². The molecule has 2 aliphatic heterocycles. The van der Waals surface area contributed by atoms with Gasteiger partial charge in [-0.3, -0.25) is 4.55 Å². The van der Waals surface area contributed by atoms with E-state index >= 15 is 0 Å². The van der Waals surface area contributed by atoms with Gasteiger partial charge in [0.2, 0.25) is 0 Å². The van der Waals surface area contributed by atoms with Crippen molar-refractivity contribution in [3.8, 4) is 0 Å². The molecule has 0 radical (unpaired) electrons. The second-order valence-electron chi connectivity index (χ2n) is 29.7. The van der Waals surface area contributed by atoms with Crippen LogP contribution in [0, 0.1) is 6.92 Å². The highest BCUT2D eigenvalue weighted by molar-refractivity contribution is 7.85. The van der Waals surface area contributed by atoms with Gasteiger partial charge in [0.15, 0.2) is 0 Å². The van der Waals surface area contributed by atoms with Crippen LogP contribution in [-0.2, 0) is 31.8 Å². The molecule has 99 heavy (non-hydrogen) atoms. The zero-order valence-electron chi connectivity index (χ0n) is 59.8. The van der Waals surface area contributed by atoms with E-state index in [1.54, 1.807) is 12.1 Å². The van der Waals surface area contributed by atoms with Crippen LogP contribution in [0.25, 0.3) is 54.2 Å². The summed E-state index contributed by atoms with van der Waals surface area (Å²) >= 11 is 14.4. The summed E-state index contributed by atoms with van der Waals surface area (Å²) in [6, 6.07) is 59.4. The molecule has 0 fully saturated rings. The highest BCUT2D eigenvalue weighted by Crippen LogP contribution is 2.55. The van der Waals surface area contributed by atoms with Gasteiger partial charge in [-0.05, 0) is 223 Å². The predicted molar refractivity (Wildman–Crippen MR) is 424 cm³/mol. The second kappa shape index (κ2) is 26.9. The first kappa shape index (κ1) is 69.0. The van der Waals surface area contributed by atoms with Crippen LogP contribution in [0.15, 0.2) is 278 Å². The molecule has 9 aromatic rings. The number of hydrogen-bond donors (Lipinski definition) is 1. The molecule has 504 valence electrons. The lowest BCUT2D eigenvalue weighted by molar-refractivity contribution is 0.483. The number of nitrogens with zero attached hydrogens (tertiary/aromatic N) is 2. The molecule has 6 aliphatic rings. The highest BCUT2D eigenvalue weighted by atomic mass is 35.5. The van der Waals surface area contributed by atoms with Gasteiger partial charge in [-0.25, -0.2) is 0 Å². The molecule has 0 aromatic heterocycles. The highest BCUT2D eigenvalue weighted by Gasteiger charge is 2.43. The van der Waals surface area contributed by atoms with E-state index in [9.17, 15) is 8.42 Å². The first-order valence-corrected chi connectivity index (χ1v) is 37.6. The van der Waals surface area contributed by atoms with Crippen molar-refractivity contribution < 1.29 is 13.0 Å². The summed E-state index contributed by atoms with van der Waals surface area (Å²) in [4.78, 5) is 4.78. The number of fused-ring (bicyclic) bond motifs is 12. The number of likely N-dealkylation sites (N-methyl/N-ethyl adjacent to an activating group) is 2. The maximum absolute atomic E-state index is 10.5. The van der Waals surface area contributed by atoms with Crippen molar-refractivity contribution in [1.82, 2.24) is 0 Å². The summed E-state index contributed by atoms with van der Waals surface area (Å²) in [6.45, 7) is 28.5. The summed E-state index contributed by atoms with van der Waals surface area (Å²) in [5.74, 6) is 0. The van der Waals surface area contributed by atoms with E-state index in [1.165, 1.54) is 156 Å². The molecular weight excluding hydrogens is 1270 g/mol. The van der Waals surface area contributed by atoms with Gasteiger partial charge >= 0.3 is 0 Å². The first-order chi connectivity index (χ1) is 47.3. The Bertz CT molecular complexity index is 5250. The Kier molecular flexibility index (Phi) is 18.7. The van der Waals surface area contributed by atoms with Crippen LogP contribution >= 0.6 is 23.2 Å². The van der Waals surface area contributed by atoms with Crippen molar-refractivity contribution in [3.05, 3.63) is 312 Å². The molecule has 4 aliphatic carbocycles. The van der Waals surface area contributed by atoms with Gasteiger partial charge in [0.05, 0.1) is 4.90 Å². The normalized spacial score (nSPS) is 20.0. The second-order valence-corrected chi connectivity index (χ2v) is 31.9. The summed E-state index contributed by atoms with van der Waals surface area (Å²) in [5, 5.41) is 12.5. The van der Waals surface area contributed by atoms with E-state index in [0.29, 0.717) is 0 Å². The third-order valence-electron chi connectivity index (χ3n) is 22.2. The fourth-order valence-electron chi connectivity index (χ4n) is 17.3. The maximum atomic E-state index is 10.5. The number of hydrogen-bond acceptors (Lipinski definition) is 4. The minimum absolute atomic E-state index is 0.0666. The van der Waals surface area contributed by atoms with Gasteiger partial charge in [-0.2, -0.15) is 8.42 Å². The zero-order chi connectivity index (χ0) is 70.1. The van der Waals surface area contributed by atoms with Crippen molar-refractivity contribution in [2.24, 2.45) is 0 Å². The van der Waals surface area contributed by atoms with Crippen LogP contribution in [0.3, 0.4) is 0 Å². The molecule has 0 amide bonds. The molecular formula is C91H92Cl2N2O3S. The summed E-state index contributed by atoms with van der Waals surface area (Å²) in [7, 11) is -1.83. The number of anilines is 2. The van der Waals surface area contributed by atoms with Crippen LogP contribution in [0.2, 0.25) is 0 Å². The Labute approximate surface area is 598 Å². The van der Waals surface area contributed by atoms with Gasteiger partial charge in [-0.1, -0.05) is 273 Å². The Morgan fingerprint density at radius 1 is 0.455 bits per heavy atom. The fraction of sp³-hybridized carbons (Fsp3) is 0.275. The molecule has 1 N–H and O–H groups in total. The molecule has 8 heteroatoms. The number of allylic oxidation sites excluding steroid dienone is 20. The Hall–Kier alpha value is -8.49. The molecule has 0 atom stereocenters. The van der Waals surface area contributed by atoms with E-state index in [1.807, 2.05) is 6.92 Å². The van der Waals surface area contributed by atoms with E-state index < -0.39 is 10.1 Å². The molecule has 9 aromatic carbocycles. The van der Waals surface area contributed by atoms with Gasteiger partial charge < -0.3 is 9.80 Å². The van der Waals surface area contributed by atoms with Crippen LogP contribution < -0.4 is 9.80 Å². The molecule has 15 rings (SSSR count). The van der Waals surface area contributed by atoms with Crippen molar-refractivity contribution in [3.63, 3.8) is 0 Å². The third-order valence-corrected chi connectivity index (χ3v) is 24.1. The zero-order valence-corrected chi connectivity index (χ0v) is 62.1. The number of rotatable bonds is 9. The van der Waals surface area contributed by atoms with E-state index in [-0.39, 0.29) is 26.6 Å². The predicted octanol–water partition coefficient (Wildman–Crippen LogP) is 25.1. The van der Waals surface area contributed by atoms with Crippen molar-refractivity contribution >= 4 is 98.9 Å². The van der Waals surface area contributed by atoms with Gasteiger partial charge in [0.25, 0.3) is 10.1 Å². The Morgan fingerprint density at radius 3 is 1.36 bits per heavy atom. The van der Waals surface area contributed by atoms with E-state index in [4.69, 9.17) is 27.8 Å². The monoisotopic (exact) mass is 1360 g/mol. The molecule has 0 saturated carbocycles. The fourth-order valence-corrected chi connectivity index (χ4v) is 18.4. The van der Waals surface area contributed by atoms with Crippen LogP contribution in [-0.4, -0.2) is 26.6 Å². The van der Waals surface area contributed by atoms with Crippen LogP contribution in [0.5, 0.6) is 0 Å². The Morgan fingerprint density at radius 2 is 0.869 bits per heavy atom. The summed E-state index contributed by atoms with van der Waals surface area (Å²) < 4.78 is 29.6. The number of benzene rings is 9. The van der Waals surface area contributed by atoms with E-state index in [0.717, 1.165) is 67.1 Å². The molecule has 0 unspecified atom stereocenters. The average molecular weight is 1360 g/mol. The van der Waals surface area contributed by atoms with E-state index in [2.05, 4.69) is 287 Å². The van der Waals surface area contributed by atoms with Gasteiger partial charge in [0, 0.05) is 68.1 Å². The van der Waals surface area contributed by atoms with Crippen molar-refractivity contribution in [1.29, 1.82) is 0 Å². The van der Waals surface area contributed by atoms with Crippen molar-refractivity contribution in [2.75, 3.05) is 23.4 Å². The quantitative estimate of drug-likeness (QED) is 0.146. The smallest absolute Gasteiger partial charge is 0.294 e. The lowest BCUT2D eigenvalue weighted by Crippen LogP contribution is -2.25. The summed E-state index contributed by atoms with van der Waals surface area (Å²) in [6.07, 6.45) is 25.9. The lowest BCUT2D eigenvalue weighted by atomic mass is 9.78. The molecule has 0 spiro atoms. The molecule has 5 nitrogen and oxygen atoms in total. The minimum atomic E-state index is -4.02. The molecule has 0 bridgehead atoms. The van der Waals surface area contributed by atoms with Crippen LogP contribution in [0.4, 0.5) is 11.4 Å². The largest absolute Gasteiger partial charge is 0.347 e. The first-order valence-electron chi connectivity index (χ1n) is 35.4. The third kappa shape index (κ3) is 12.4. The number of halogens is 2. The van der Waals surface area contributed by atoms with Crippen molar-refractivity contribution in [2.45, 2.75) is 155 Å². The average Bonchev–Trinajstić information content (AvgIpc) is 1.59. The van der Waals surface area contributed by atoms with Crippen LogP contribution in [0.1, 0.15) is 160 Å². The molecule has 2 heterocycles. The van der Waals surface area contributed by atoms with Gasteiger partial charge in [0.1, 0.15) is 0 Å². The SMILES string of the molecule is CC1=C(/C=C/C2=C(Cl)C(=C/C=C3/N(C)c4ccc5ccccc5c4C3(C)C)CCC2)C(C)(C)c2c1ccc1ccccc21.CCC1=C(/C=C/C2=C(Cl)C(=C/C=C3/N(CC)c4ccc5ccccc5c4C3(C)C)CCC2)C(C)(C)c2c1ccc1ccccc21.Cc1ccc(S(=O)(=O)O)cc1. The Balaban J connectivity index is 0.000000154. The standard InChI is InChI=1S/C43H44ClN.C41H40ClN.C7H8O3S/c1-7-32-35-24-20-28-14-9-11-18-33(28)39(35)42(3,4)36(32)25-21-30-16-13-17-31(41(30)44)23-27-38-43(5,6)40-34-19-12-10-15-29(34)22-26-37(40)45(38)8-2;1-26-31-22-18-27-12-7-9-16-32(27)37(31)40(2,3)34(26)23-19-29-14-11-15-30(39(29)42)21-25-36-41(4,5)38-33-17-10-8-13-28(33)20-24-35(38)43(36)6;1-6-2-4-7(5-3-6)11(8,9)10/h9-12,14-15,18-27H,7-8,13,16-17H2,1-6H3;7-10,12-13,16-25H,11,14-15H2,1-6H3;2-5H,1H3,(H,8,9,10)/b25-21+,31-23?,38-27+;23-19+,30-21?,36-25+;. The minimum Gasteiger partial charge on any atom is -0.347 e. The number of aryl methyl sites for hydroxylation is 1.